The van der Waals surface area contributed by atoms with Crippen molar-refractivity contribution in [3.05, 3.63) is 53.1 Å². The number of aryl methyl sites for hydroxylation is 1. The molecule has 1 amide bonds. The summed E-state index contributed by atoms with van der Waals surface area (Å²) in [6.45, 7) is 7.70. The van der Waals surface area contributed by atoms with Crippen LogP contribution in [0.3, 0.4) is 0 Å². The molecule has 1 aliphatic rings. The zero-order valence-electron chi connectivity index (χ0n) is 16.2. The Morgan fingerprint density at radius 2 is 1.93 bits per heavy atom. The van der Waals surface area contributed by atoms with Gasteiger partial charge in [-0.1, -0.05) is 18.2 Å². The van der Waals surface area contributed by atoms with Gasteiger partial charge in [-0.15, -0.1) is 0 Å². The smallest absolute Gasteiger partial charge is 0.223 e. The summed E-state index contributed by atoms with van der Waals surface area (Å²) < 4.78 is 17.1. The van der Waals surface area contributed by atoms with Crippen LogP contribution < -0.4 is 19.5 Å². The molecule has 0 saturated carbocycles. The summed E-state index contributed by atoms with van der Waals surface area (Å²) in [4.78, 5) is 12.3. The largest absolute Gasteiger partial charge is 0.493 e. The van der Waals surface area contributed by atoms with E-state index >= 15 is 0 Å². The Hall–Kier alpha value is -2.69. The van der Waals surface area contributed by atoms with Gasteiger partial charge < -0.3 is 19.5 Å². The topological polar surface area (TPSA) is 56.8 Å². The van der Waals surface area contributed by atoms with Gasteiger partial charge in [-0.2, -0.15) is 0 Å². The number of ether oxygens (including phenoxy) is 3. The molecule has 0 aromatic heterocycles. The van der Waals surface area contributed by atoms with Crippen molar-refractivity contribution in [3.63, 3.8) is 0 Å². The third-order valence-electron chi connectivity index (χ3n) is 4.79. The van der Waals surface area contributed by atoms with Gasteiger partial charge in [0.05, 0.1) is 32.3 Å². The van der Waals surface area contributed by atoms with Crippen LogP contribution in [-0.2, 0) is 4.79 Å². The van der Waals surface area contributed by atoms with Crippen LogP contribution in [0.1, 0.15) is 42.5 Å². The fourth-order valence-electron chi connectivity index (χ4n) is 2.98. The molecule has 2 aromatic rings. The van der Waals surface area contributed by atoms with Crippen molar-refractivity contribution in [2.24, 2.45) is 0 Å². The second-order valence-electron chi connectivity index (χ2n) is 6.84. The molecule has 27 heavy (non-hydrogen) atoms. The van der Waals surface area contributed by atoms with Gasteiger partial charge in [0.25, 0.3) is 0 Å². The molecule has 144 valence electrons. The predicted molar refractivity (Wildman–Crippen MR) is 105 cm³/mol. The summed E-state index contributed by atoms with van der Waals surface area (Å²) >= 11 is 0. The molecule has 0 fully saturated rings. The SMILES string of the molecule is Cc1cccc(OCCC(=O)NC(C)c2ccc3c(c2)OCCCO3)c1C. The molecular formula is C22H27NO4. The molecule has 1 N–H and O–H groups in total. The van der Waals surface area contributed by atoms with E-state index in [1.54, 1.807) is 0 Å². The first-order valence-corrected chi connectivity index (χ1v) is 9.42. The van der Waals surface area contributed by atoms with E-state index in [0.29, 0.717) is 26.2 Å². The maximum absolute atomic E-state index is 12.3. The minimum Gasteiger partial charge on any atom is -0.493 e. The molecule has 1 aliphatic heterocycles. The van der Waals surface area contributed by atoms with Gasteiger partial charge >= 0.3 is 0 Å². The number of hydrogen-bond donors (Lipinski definition) is 1. The van der Waals surface area contributed by atoms with Crippen molar-refractivity contribution in [1.82, 2.24) is 5.32 Å². The van der Waals surface area contributed by atoms with Crippen LogP contribution >= 0.6 is 0 Å². The molecule has 1 atom stereocenters. The Kier molecular flexibility index (Phi) is 6.22. The first-order chi connectivity index (χ1) is 13.0. The van der Waals surface area contributed by atoms with Crippen LogP contribution in [-0.4, -0.2) is 25.7 Å². The minimum atomic E-state index is -0.115. The van der Waals surface area contributed by atoms with Crippen molar-refractivity contribution >= 4 is 5.91 Å². The number of carbonyl (C=O) groups excluding carboxylic acids is 1. The zero-order chi connectivity index (χ0) is 19.2. The maximum Gasteiger partial charge on any atom is 0.223 e. The second-order valence-corrected chi connectivity index (χ2v) is 6.84. The molecule has 5 nitrogen and oxygen atoms in total. The van der Waals surface area contributed by atoms with Crippen molar-refractivity contribution in [2.75, 3.05) is 19.8 Å². The number of benzene rings is 2. The third-order valence-corrected chi connectivity index (χ3v) is 4.79. The van der Waals surface area contributed by atoms with E-state index in [0.717, 1.165) is 34.8 Å². The van der Waals surface area contributed by atoms with Crippen molar-refractivity contribution in [3.8, 4) is 17.2 Å². The van der Waals surface area contributed by atoms with Gasteiger partial charge in [0.15, 0.2) is 11.5 Å². The molecule has 0 spiro atoms. The lowest BCUT2D eigenvalue weighted by Gasteiger charge is -2.17. The molecule has 3 rings (SSSR count). The summed E-state index contributed by atoms with van der Waals surface area (Å²) in [6, 6.07) is 11.6. The van der Waals surface area contributed by atoms with E-state index in [1.165, 1.54) is 5.56 Å². The van der Waals surface area contributed by atoms with Gasteiger partial charge in [0.2, 0.25) is 5.91 Å². The lowest BCUT2D eigenvalue weighted by molar-refractivity contribution is -0.122. The molecule has 0 aliphatic carbocycles. The number of hydrogen-bond acceptors (Lipinski definition) is 4. The monoisotopic (exact) mass is 369 g/mol. The second kappa shape index (κ2) is 8.80. The first-order valence-electron chi connectivity index (χ1n) is 9.42. The van der Waals surface area contributed by atoms with Crippen molar-refractivity contribution in [2.45, 2.75) is 39.7 Å². The lowest BCUT2D eigenvalue weighted by Crippen LogP contribution is -2.27. The standard InChI is InChI=1S/C22H27NO4/c1-15-6-4-7-19(16(15)2)27-13-10-22(24)23-17(3)18-8-9-20-21(14-18)26-12-5-11-25-20/h4,6-9,14,17H,5,10-13H2,1-3H3,(H,23,24). The van der Waals surface area contributed by atoms with Crippen LogP contribution in [0.4, 0.5) is 0 Å². The normalized spacial score (nSPS) is 14.2. The molecule has 2 aromatic carbocycles. The summed E-state index contributed by atoms with van der Waals surface area (Å²) in [5, 5.41) is 3.02. The average Bonchev–Trinajstić information content (AvgIpc) is 2.90. The van der Waals surface area contributed by atoms with Crippen LogP contribution in [0.25, 0.3) is 0 Å². The summed E-state index contributed by atoms with van der Waals surface area (Å²) in [7, 11) is 0. The van der Waals surface area contributed by atoms with E-state index in [2.05, 4.69) is 5.32 Å². The van der Waals surface area contributed by atoms with Gasteiger partial charge in [-0.05, 0) is 55.7 Å². The summed E-state index contributed by atoms with van der Waals surface area (Å²) in [5.41, 5.74) is 3.28. The fourth-order valence-corrected chi connectivity index (χ4v) is 2.98. The Bertz CT molecular complexity index is 803. The molecule has 0 saturated heterocycles. The molecule has 5 heteroatoms. The highest BCUT2D eigenvalue weighted by atomic mass is 16.5. The fraction of sp³-hybridized carbons (Fsp3) is 0.409. The van der Waals surface area contributed by atoms with Crippen LogP contribution in [0.5, 0.6) is 17.2 Å². The highest BCUT2D eigenvalue weighted by Gasteiger charge is 2.15. The average molecular weight is 369 g/mol. The van der Waals surface area contributed by atoms with Crippen molar-refractivity contribution in [1.29, 1.82) is 0 Å². The first kappa shape index (κ1) is 19.1. The zero-order valence-corrected chi connectivity index (χ0v) is 16.2. The Morgan fingerprint density at radius 1 is 1.15 bits per heavy atom. The Morgan fingerprint density at radius 3 is 2.74 bits per heavy atom. The molecule has 1 heterocycles. The number of carbonyl (C=O) groups is 1. The minimum absolute atomic E-state index is 0.0417. The van der Waals surface area contributed by atoms with E-state index in [1.807, 2.05) is 57.2 Å². The number of rotatable bonds is 6. The quantitative estimate of drug-likeness (QED) is 0.832. The van der Waals surface area contributed by atoms with Crippen LogP contribution in [0.2, 0.25) is 0 Å². The van der Waals surface area contributed by atoms with E-state index in [9.17, 15) is 4.79 Å². The summed E-state index contributed by atoms with van der Waals surface area (Å²) in [5.74, 6) is 2.29. The Balaban J connectivity index is 1.52. The maximum atomic E-state index is 12.3. The third kappa shape index (κ3) is 4.94. The van der Waals surface area contributed by atoms with E-state index < -0.39 is 0 Å². The summed E-state index contributed by atoms with van der Waals surface area (Å²) in [6.07, 6.45) is 1.18. The van der Waals surface area contributed by atoms with Gasteiger partial charge in [0.1, 0.15) is 5.75 Å². The highest BCUT2D eigenvalue weighted by Crippen LogP contribution is 2.32. The van der Waals surface area contributed by atoms with Crippen LogP contribution in [0, 0.1) is 13.8 Å². The Labute approximate surface area is 160 Å². The molecule has 0 radical (unpaired) electrons. The predicted octanol–water partition coefficient (Wildman–Crippen LogP) is 4.11. The van der Waals surface area contributed by atoms with Crippen molar-refractivity contribution < 1.29 is 19.0 Å². The van der Waals surface area contributed by atoms with E-state index in [4.69, 9.17) is 14.2 Å². The van der Waals surface area contributed by atoms with Gasteiger partial charge in [-0.3, -0.25) is 4.79 Å². The molecule has 1 unspecified atom stereocenters. The lowest BCUT2D eigenvalue weighted by atomic mass is 10.1. The van der Waals surface area contributed by atoms with E-state index in [-0.39, 0.29) is 11.9 Å². The highest BCUT2D eigenvalue weighted by molar-refractivity contribution is 5.76. The van der Waals surface area contributed by atoms with Gasteiger partial charge in [0, 0.05) is 6.42 Å². The molecular weight excluding hydrogens is 342 g/mol. The van der Waals surface area contributed by atoms with Gasteiger partial charge in [-0.25, -0.2) is 0 Å². The molecule has 0 bridgehead atoms. The number of nitrogens with one attached hydrogen (secondary N) is 1. The number of amides is 1. The van der Waals surface area contributed by atoms with Crippen LogP contribution in [0.15, 0.2) is 36.4 Å². The number of fused-ring (bicyclic) bond motifs is 1.